The van der Waals surface area contributed by atoms with Crippen LogP contribution in [-0.4, -0.2) is 21.5 Å². The molecule has 0 saturated carbocycles. The zero-order chi connectivity index (χ0) is 20.6. The molecule has 0 saturated heterocycles. The molecule has 0 atom stereocenters. The maximum Gasteiger partial charge on any atom is 0.341 e. The highest BCUT2D eigenvalue weighted by Crippen LogP contribution is 2.48. The predicted molar refractivity (Wildman–Crippen MR) is 106 cm³/mol. The summed E-state index contributed by atoms with van der Waals surface area (Å²) in [5, 5.41) is 0. The molecule has 4 rings (SSSR count). The Morgan fingerprint density at radius 3 is 2.24 bits per heavy atom. The van der Waals surface area contributed by atoms with Gasteiger partial charge in [-0.05, 0) is 37.3 Å². The molecule has 0 fully saturated rings. The molecule has 1 aliphatic heterocycles. The smallest absolute Gasteiger partial charge is 0.341 e. The monoisotopic (exact) mass is 411 g/mol. The standard InChI is InChI=1S/C21H17NO6S/c1-13-7-9-15(10-8-13)29(24,25)22-14-11-16(21(23)26-2)20-19(12-14)27-17-5-3-4-6-18(17)28-20/h3-12,22H,1-2H3. The van der Waals surface area contributed by atoms with Gasteiger partial charge in [0.2, 0.25) is 0 Å². The predicted octanol–water partition coefficient (Wildman–Crippen LogP) is 4.48. The second kappa shape index (κ2) is 7.14. The van der Waals surface area contributed by atoms with E-state index in [1.54, 1.807) is 36.4 Å². The number of aryl methyl sites for hydroxylation is 1. The van der Waals surface area contributed by atoms with Gasteiger partial charge in [-0.2, -0.15) is 0 Å². The van der Waals surface area contributed by atoms with Gasteiger partial charge in [0.25, 0.3) is 10.0 Å². The van der Waals surface area contributed by atoms with Gasteiger partial charge in [-0.1, -0.05) is 29.8 Å². The number of nitrogens with one attached hydrogen (secondary N) is 1. The van der Waals surface area contributed by atoms with Crippen LogP contribution in [0.25, 0.3) is 0 Å². The van der Waals surface area contributed by atoms with Gasteiger partial charge in [0, 0.05) is 6.07 Å². The van der Waals surface area contributed by atoms with Crippen LogP contribution in [0.1, 0.15) is 15.9 Å². The molecule has 7 nitrogen and oxygen atoms in total. The van der Waals surface area contributed by atoms with Crippen LogP contribution >= 0.6 is 0 Å². The highest BCUT2D eigenvalue weighted by molar-refractivity contribution is 7.92. The third kappa shape index (κ3) is 3.62. The van der Waals surface area contributed by atoms with Crippen molar-refractivity contribution in [3.63, 3.8) is 0 Å². The summed E-state index contributed by atoms with van der Waals surface area (Å²) in [5.74, 6) is 0.579. The summed E-state index contributed by atoms with van der Waals surface area (Å²) in [6.45, 7) is 1.87. The molecule has 0 aromatic heterocycles. The SMILES string of the molecule is COC(=O)c1cc(NS(=O)(=O)c2ccc(C)cc2)cc2c1Oc1ccccc1O2. The number of para-hydroxylation sites is 2. The Hall–Kier alpha value is -3.52. The number of esters is 1. The van der Waals surface area contributed by atoms with Gasteiger partial charge < -0.3 is 14.2 Å². The normalized spacial score (nSPS) is 12.1. The molecule has 3 aromatic rings. The number of fused-ring (bicyclic) bond motifs is 2. The summed E-state index contributed by atoms with van der Waals surface area (Å²) in [6, 6.07) is 16.2. The molecule has 8 heteroatoms. The van der Waals surface area contributed by atoms with E-state index in [1.165, 1.54) is 31.4 Å². The zero-order valence-corrected chi connectivity index (χ0v) is 16.4. The second-order valence-electron chi connectivity index (χ2n) is 6.41. The molecule has 1 aliphatic rings. The lowest BCUT2D eigenvalue weighted by atomic mass is 10.1. The Morgan fingerprint density at radius 2 is 1.59 bits per heavy atom. The molecule has 0 unspecified atom stereocenters. The second-order valence-corrected chi connectivity index (χ2v) is 8.09. The minimum Gasteiger partial charge on any atom is -0.465 e. The Kier molecular flexibility index (Phi) is 4.63. The Morgan fingerprint density at radius 1 is 0.931 bits per heavy atom. The zero-order valence-electron chi connectivity index (χ0n) is 15.6. The van der Waals surface area contributed by atoms with Crippen molar-refractivity contribution in [2.45, 2.75) is 11.8 Å². The van der Waals surface area contributed by atoms with Crippen molar-refractivity contribution in [2.75, 3.05) is 11.8 Å². The van der Waals surface area contributed by atoms with Crippen LogP contribution in [0.15, 0.2) is 65.6 Å². The maximum absolute atomic E-state index is 12.7. The van der Waals surface area contributed by atoms with Crippen molar-refractivity contribution in [1.82, 2.24) is 0 Å². The van der Waals surface area contributed by atoms with Crippen LogP contribution in [0.5, 0.6) is 23.0 Å². The lowest BCUT2D eigenvalue weighted by Crippen LogP contribution is -2.15. The lowest BCUT2D eigenvalue weighted by molar-refractivity contribution is 0.0597. The minimum absolute atomic E-state index is 0.0427. The number of carbonyl (C=O) groups is 1. The van der Waals surface area contributed by atoms with Crippen LogP contribution in [0.4, 0.5) is 5.69 Å². The number of rotatable bonds is 4. The topological polar surface area (TPSA) is 90.9 Å². The molecule has 1 N–H and O–H groups in total. The molecule has 0 bridgehead atoms. The van der Waals surface area contributed by atoms with E-state index in [0.717, 1.165) is 5.56 Å². The Labute approximate surface area is 167 Å². The minimum atomic E-state index is -3.86. The summed E-state index contributed by atoms with van der Waals surface area (Å²) >= 11 is 0. The summed E-state index contributed by atoms with van der Waals surface area (Å²) in [5.41, 5.74) is 1.13. The number of carbonyl (C=O) groups excluding carboxylic acids is 1. The van der Waals surface area contributed by atoms with Gasteiger partial charge in [-0.15, -0.1) is 0 Å². The average Bonchev–Trinajstić information content (AvgIpc) is 2.71. The van der Waals surface area contributed by atoms with E-state index in [4.69, 9.17) is 14.2 Å². The fourth-order valence-corrected chi connectivity index (χ4v) is 3.92. The summed E-state index contributed by atoms with van der Waals surface area (Å²) in [4.78, 5) is 12.4. The molecule has 0 spiro atoms. The fourth-order valence-electron chi connectivity index (χ4n) is 2.88. The van der Waals surface area contributed by atoms with E-state index in [0.29, 0.717) is 11.5 Å². The van der Waals surface area contributed by atoms with Crippen molar-refractivity contribution in [1.29, 1.82) is 0 Å². The number of methoxy groups -OCH3 is 1. The van der Waals surface area contributed by atoms with E-state index >= 15 is 0 Å². The van der Waals surface area contributed by atoms with Gasteiger partial charge in [0.05, 0.1) is 17.7 Å². The van der Waals surface area contributed by atoms with Gasteiger partial charge in [-0.3, -0.25) is 4.72 Å². The lowest BCUT2D eigenvalue weighted by Gasteiger charge is -2.23. The molecule has 1 heterocycles. The molecular weight excluding hydrogens is 394 g/mol. The van der Waals surface area contributed by atoms with Crippen molar-refractivity contribution in [2.24, 2.45) is 0 Å². The molecule has 0 aliphatic carbocycles. The fraction of sp³-hybridized carbons (Fsp3) is 0.0952. The van der Waals surface area contributed by atoms with Gasteiger partial charge in [0.15, 0.2) is 23.0 Å². The third-order valence-electron chi connectivity index (χ3n) is 4.32. The summed E-state index contributed by atoms with van der Waals surface area (Å²) in [6.07, 6.45) is 0. The molecular formula is C21H17NO6S. The van der Waals surface area contributed by atoms with Crippen LogP contribution in [-0.2, 0) is 14.8 Å². The summed E-state index contributed by atoms with van der Waals surface area (Å²) < 4.78 is 44.4. The number of sulfonamides is 1. The van der Waals surface area contributed by atoms with E-state index in [9.17, 15) is 13.2 Å². The average molecular weight is 411 g/mol. The first-order valence-corrected chi connectivity index (χ1v) is 10.2. The van der Waals surface area contributed by atoms with Crippen molar-refractivity contribution in [3.05, 3.63) is 71.8 Å². The van der Waals surface area contributed by atoms with E-state index in [1.807, 2.05) is 6.92 Å². The van der Waals surface area contributed by atoms with Crippen LogP contribution in [0.2, 0.25) is 0 Å². The molecule has 0 radical (unpaired) electrons. The van der Waals surface area contributed by atoms with E-state index in [-0.39, 0.29) is 27.6 Å². The van der Waals surface area contributed by atoms with E-state index < -0.39 is 16.0 Å². The number of hydrogen-bond acceptors (Lipinski definition) is 6. The number of ether oxygens (including phenoxy) is 3. The molecule has 148 valence electrons. The van der Waals surface area contributed by atoms with Crippen molar-refractivity contribution < 1.29 is 27.4 Å². The van der Waals surface area contributed by atoms with Crippen molar-refractivity contribution >= 4 is 21.7 Å². The molecule has 29 heavy (non-hydrogen) atoms. The van der Waals surface area contributed by atoms with Gasteiger partial charge in [0.1, 0.15) is 5.56 Å². The highest BCUT2D eigenvalue weighted by atomic mass is 32.2. The van der Waals surface area contributed by atoms with E-state index in [2.05, 4.69) is 4.72 Å². The quantitative estimate of drug-likeness (QED) is 0.498. The molecule has 3 aromatic carbocycles. The number of anilines is 1. The first-order chi connectivity index (χ1) is 13.9. The Balaban J connectivity index is 1.76. The van der Waals surface area contributed by atoms with Crippen LogP contribution < -0.4 is 14.2 Å². The van der Waals surface area contributed by atoms with Gasteiger partial charge in [-0.25, -0.2) is 13.2 Å². The third-order valence-corrected chi connectivity index (χ3v) is 5.72. The first-order valence-electron chi connectivity index (χ1n) is 8.68. The van der Waals surface area contributed by atoms with Crippen LogP contribution in [0.3, 0.4) is 0 Å². The first kappa shape index (κ1) is 18.8. The maximum atomic E-state index is 12.7. The van der Waals surface area contributed by atoms with Crippen LogP contribution in [0, 0.1) is 6.92 Å². The summed E-state index contributed by atoms with van der Waals surface area (Å²) in [7, 11) is -2.63. The molecule has 0 amide bonds. The number of benzene rings is 3. The number of hydrogen-bond donors (Lipinski definition) is 1. The Bertz CT molecular complexity index is 1200. The van der Waals surface area contributed by atoms with Gasteiger partial charge >= 0.3 is 5.97 Å². The van der Waals surface area contributed by atoms with Crippen molar-refractivity contribution in [3.8, 4) is 23.0 Å². The highest BCUT2D eigenvalue weighted by Gasteiger charge is 2.27. The largest absolute Gasteiger partial charge is 0.465 e.